The fraction of sp³-hybridized carbons (Fsp3) is 0.741. The lowest BCUT2D eigenvalue weighted by atomic mass is 9.71. The standard InChI is InChI=1S/C27H41NO5S3/c1-26(2,3)35-34-12-11-28-25(32)33-16-22(31)20-8-9-23-27(20,4)15-21(30)24-19-7-6-18(29)14-17(19)10-13-36(23,24)5/h6-7,14,19-21,23-24,30H,8-13,15-16H2,1-5H3,(H,28,32)/t19-,20+,21-,23?,24?,27+/m1/s1. The van der Waals surface area contributed by atoms with Gasteiger partial charge in [0.1, 0.15) is 0 Å². The average Bonchev–Trinajstić information content (AvgIpc) is 3.14. The van der Waals surface area contributed by atoms with Crippen LogP contribution in [0.5, 0.6) is 0 Å². The van der Waals surface area contributed by atoms with E-state index in [1.54, 1.807) is 33.7 Å². The molecule has 2 saturated heterocycles. The van der Waals surface area contributed by atoms with Gasteiger partial charge in [0, 0.05) is 34.1 Å². The van der Waals surface area contributed by atoms with Crippen molar-refractivity contribution in [3.8, 4) is 0 Å². The molecule has 1 amide bonds. The summed E-state index contributed by atoms with van der Waals surface area (Å²) in [7, 11) is 2.27. The Kier molecular flexibility index (Phi) is 8.35. The number of hydrogen-bond donors (Lipinski definition) is 2. The number of amides is 1. The molecule has 0 aromatic rings. The summed E-state index contributed by atoms with van der Waals surface area (Å²) < 4.78 is 5.48. The molecule has 2 heterocycles. The van der Waals surface area contributed by atoms with Crippen molar-refractivity contribution in [2.75, 3.05) is 30.9 Å². The molecule has 0 radical (unpaired) electrons. The molecular formula is C27H41NO5S3. The number of alkyl carbamates (subject to hydrolysis) is 1. The van der Waals surface area contributed by atoms with Gasteiger partial charge in [-0.1, -0.05) is 60.9 Å². The van der Waals surface area contributed by atoms with Crippen molar-refractivity contribution in [3.05, 3.63) is 23.8 Å². The summed E-state index contributed by atoms with van der Waals surface area (Å²) in [6, 6.07) is 0. The van der Waals surface area contributed by atoms with Gasteiger partial charge in [0.2, 0.25) is 0 Å². The van der Waals surface area contributed by atoms with Crippen molar-refractivity contribution in [1.82, 2.24) is 5.32 Å². The Morgan fingerprint density at radius 2 is 2.06 bits per heavy atom. The van der Waals surface area contributed by atoms with E-state index < -0.39 is 22.2 Å². The van der Waals surface area contributed by atoms with E-state index in [4.69, 9.17) is 4.74 Å². The zero-order valence-corrected chi connectivity index (χ0v) is 24.5. The highest BCUT2D eigenvalue weighted by Gasteiger charge is 2.63. The number of rotatable bonds is 7. The van der Waals surface area contributed by atoms with E-state index in [0.29, 0.717) is 18.2 Å². The van der Waals surface area contributed by atoms with Gasteiger partial charge >= 0.3 is 6.09 Å². The zero-order valence-electron chi connectivity index (χ0n) is 22.1. The smallest absolute Gasteiger partial charge is 0.407 e. The molecule has 3 fully saturated rings. The van der Waals surface area contributed by atoms with Crippen molar-refractivity contribution in [1.29, 1.82) is 0 Å². The van der Waals surface area contributed by atoms with Crippen molar-refractivity contribution < 1.29 is 24.2 Å². The second-order valence-electron chi connectivity index (χ2n) is 12.0. The fourth-order valence-corrected chi connectivity index (χ4v) is 14.8. The highest BCUT2D eigenvalue weighted by atomic mass is 33.1. The second-order valence-corrected chi connectivity index (χ2v) is 19.3. The van der Waals surface area contributed by atoms with Gasteiger partial charge in [0.25, 0.3) is 0 Å². The van der Waals surface area contributed by atoms with E-state index in [1.807, 2.05) is 6.08 Å². The molecule has 0 bridgehead atoms. The molecule has 6 nitrogen and oxygen atoms in total. The summed E-state index contributed by atoms with van der Waals surface area (Å²) in [4.78, 5) is 37.4. The summed E-state index contributed by atoms with van der Waals surface area (Å²) in [5, 5.41) is 14.7. The van der Waals surface area contributed by atoms with Crippen LogP contribution in [0.1, 0.15) is 53.4 Å². The molecule has 202 valence electrons. The van der Waals surface area contributed by atoms with Gasteiger partial charge in [0.15, 0.2) is 18.2 Å². The average molecular weight is 556 g/mol. The first-order chi connectivity index (χ1) is 16.8. The second kappa shape index (κ2) is 10.7. The van der Waals surface area contributed by atoms with Gasteiger partial charge in [-0.3, -0.25) is 9.59 Å². The molecule has 0 aromatic heterocycles. The Morgan fingerprint density at radius 1 is 1.31 bits per heavy atom. The van der Waals surface area contributed by atoms with Crippen molar-refractivity contribution in [2.45, 2.75) is 74.7 Å². The molecule has 1 saturated carbocycles. The normalized spacial score (nSPS) is 39.2. The molecule has 2 aliphatic carbocycles. The summed E-state index contributed by atoms with van der Waals surface area (Å²) in [5.74, 6) is 1.74. The first-order valence-corrected chi connectivity index (χ1v) is 17.6. The lowest BCUT2D eigenvalue weighted by Crippen LogP contribution is -2.57. The van der Waals surface area contributed by atoms with Crippen LogP contribution in [-0.2, 0) is 14.3 Å². The van der Waals surface area contributed by atoms with E-state index in [0.717, 1.165) is 30.8 Å². The number of carbonyl (C=O) groups is 3. The summed E-state index contributed by atoms with van der Waals surface area (Å²) in [5.41, 5.74) is 0.883. The molecule has 0 aromatic carbocycles. The van der Waals surface area contributed by atoms with Crippen LogP contribution in [-0.4, -0.2) is 75.0 Å². The van der Waals surface area contributed by atoms with Crippen LogP contribution in [0, 0.1) is 17.3 Å². The molecule has 4 aliphatic rings. The maximum Gasteiger partial charge on any atom is 0.407 e. The van der Waals surface area contributed by atoms with E-state index in [2.05, 4.69) is 39.3 Å². The lowest BCUT2D eigenvalue weighted by molar-refractivity contribution is -0.129. The molecule has 2 aliphatic heterocycles. The van der Waals surface area contributed by atoms with Crippen LogP contribution >= 0.6 is 31.6 Å². The quantitative estimate of drug-likeness (QED) is 0.341. The van der Waals surface area contributed by atoms with Gasteiger partial charge < -0.3 is 15.2 Å². The molecular weight excluding hydrogens is 515 g/mol. The number of fused-ring (bicyclic) bond motifs is 5. The Hall–Kier alpha value is -0.900. The highest BCUT2D eigenvalue weighted by Crippen LogP contribution is 2.74. The molecule has 3 unspecified atom stereocenters. The number of carbonyl (C=O) groups excluding carboxylic acids is 3. The number of Topliss-reactive ketones (excluding diaryl/α,β-unsaturated/α-hetero) is 1. The van der Waals surface area contributed by atoms with Gasteiger partial charge in [-0.15, -0.1) is 0 Å². The van der Waals surface area contributed by atoms with E-state index in [1.165, 1.54) is 5.57 Å². The summed E-state index contributed by atoms with van der Waals surface area (Å²) in [6.07, 6.45) is 10.0. The molecule has 7 atom stereocenters. The number of allylic oxidation sites excluding steroid dienone is 4. The fourth-order valence-electron chi connectivity index (χ4n) is 7.10. The number of nitrogens with one attached hydrogen (secondary N) is 1. The third-order valence-electron chi connectivity index (χ3n) is 8.46. The van der Waals surface area contributed by atoms with Crippen LogP contribution < -0.4 is 5.32 Å². The first kappa shape index (κ1) is 28.1. The topological polar surface area (TPSA) is 92.7 Å². The van der Waals surface area contributed by atoms with Crippen LogP contribution in [0.4, 0.5) is 4.79 Å². The summed E-state index contributed by atoms with van der Waals surface area (Å²) >= 11 is 0. The SMILES string of the molecule is CC(C)(C)SSCCNC(=O)OCC(=O)[C@@H]1CCC2[C@@]1(C)C[C@@H](O)C1[C@@H]3C=CC(=O)C=C3CCS12C. The van der Waals surface area contributed by atoms with Crippen molar-refractivity contribution >= 4 is 49.3 Å². The minimum absolute atomic E-state index is 0.0268. The van der Waals surface area contributed by atoms with Crippen LogP contribution in [0.3, 0.4) is 0 Å². The Morgan fingerprint density at radius 3 is 2.78 bits per heavy atom. The maximum atomic E-state index is 13.3. The minimum atomic E-state index is -1.21. The number of hydrogen-bond acceptors (Lipinski definition) is 7. The Labute approximate surface area is 224 Å². The largest absolute Gasteiger partial charge is 0.442 e. The maximum absolute atomic E-state index is 13.3. The van der Waals surface area contributed by atoms with Crippen LogP contribution in [0.2, 0.25) is 0 Å². The third-order valence-corrected chi connectivity index (χ3v) is 16.8. The van der Waals surface area contributed by atoms with Gasteiger partial charge in [-0.05, 0) is 60.5 Å². The summed E-state index contributed by atoms with van der Waals surface area (Å²) in [6.45, 7) is 8.91. The Bertz CT molecular complexity index is 960. The van der Waals surface area contributed by atoms with Crippen molar-refractivity contribution in [2.24, 2.45) is 17.3 Å². The lowest BCUT2D eigenvalue weighted by Gasteiger charge is -2.64. The minimum Gasteiger partial charge on any atom is -0.442 e. The number of ketones is 2. The molecule has 0 spiro atoms. The number of aliphatic hydroxyl groups excluding tert-OH is 1. The van der Waals surface area contributed by atoms with E-state index in [9.17, 15) is 19.5 Å². The zero-order chi connectivity index (χ0) is 26.3. The highest BCUT2D eigenvalue weighted by molar-refractivity contribution is 8.77. The monoisotopic (exact) mass is 555 g/mol. The molecule has 9 heteroatoms. The number of ether oxygens (including phenoxy) is 1. The van der Waals surface area contributed by atoms with Crippen LogP contribution in [0.25, 0.3) is 0 Å². The van der Waals surface area contributed by atoms with Gasteiger partial charge in [0.05, 0.1) is 6.10 Å². The van der Waals surface area contributed by atoms with E-state index in [-0.39, 0.29) is 45.4 Å². The molecule has 4 rings (SSSR count). The van der Waals surface area contributed by atoms with Crippen LogP contribution in [0.15, 0.2) is 23.8 Å². The molecule has 2 N–H and O–H groups in total. The predicted octanol–water partition coefficient (Wildman–Crippen LogP) is 4.90. The predicted molar refractivity (Wildman–Crippen MR) is 152 cm³/mol. The Balaban J connectivity index is 1.35. The van der Waals surface area contributed by atoms with Gasteiger partial charge in [-0.2, -0.15) is 0 Å². The van der Waals surface area contributed by atoms with Crippen molar-refractivity contribution in [3.63, 3.8) is 0 Å². The molecule has 36 heavy (non-hydrogen) atoms. The number of aliphatic hydroxyl groups is 1. The third kappa shape index (κ3) is 5.59. The first-order valence-electron chi connectivity index (χ1n) is 12.9. The van der Waals surface area contributed by atoms with E-state index >= 15 is 0 Å². The van der Waals surface area contributed by atoms with Gasteiger partial charge in [-0.25, -0.2) is 14.8 Å².